The molecule has 2 N–H and O–H groups in total. The van der Waals surface area contributed by atoms with E-state index in [0.29, 0.717) is 0 Å². The highest BCUT2D eigenvalue weighted by Gasteiger charge is 2.26. The molecule has 0 amide bonds. The lowest BCUT2D eigenvalue weighted by Crippen LogP contribution is -2.36. The first-order chi connectivity index (χ1) is 5.21. The van der Waals surface area contributed by atoms with E-state index < -0.39 is 18.2 Å². The first kappa shape index (κ1) is 11.7. The Morgan fingerprint density at radius 1 is 1.25 bits per heavy atom. The van der Waals surface area contributed by atoms with E-state index in [1.54, 1.807) is 0 Å². The van der Waals surface area contributed by atoms with Gasteiger partial charge in [0.1, 0.15) is 0 Å². The smallest absolute Gasteiger partial charge is 0.389 e. The number of hydrogen-bond acceptors (Lipinski definition) is 2. The van der Waals surface area contributed by atoms with Gasteiger partial charge in [-0.1, -0.05) is 0 Å². The molecule has 0 fully saturated rings. The number of alkyl halides is 3. The molecule has 0 saturated heterocycles. The van der Waals surface area contributed by atoms with Gasteiger partial charge in [-0.3, -0.25) is 0 Å². The molecule has 0 aliphatic heterocycles. The fourth-order valence-corrected chi connectivity index (χ4v) is 0.624. The molecule has 0 aliphatic rings. The van der Waals surface area contributed by atoms with Crippen LogP contribution in [0.5, 0.6) is 0 Å². The molecule has 0 aromatic carbocycles. The molecule has 74 valence electrons. The molecule has 2 nitrogen and oxygen atoms in total. The minimum atomic E-state index is -4.12. The summed E-state index contributed by atoms with van der Waals surface area (Å²) in [5.41, 5.74) is -0.953. The molecule has 0 heterocycles. The fourth-order valence-electron chi connectivity index (χ4n) is 0.624. The number of nitrogens with one attached hydrogen (secondary N) is 1. The van der Waals surface area contributed by atoms with Gasteiger partial charge in [-0.2, -0.15) is 13.2 Å². The summed E-state index contributed by atoms with van der Waals surface area (Å²) in [5.74, 6) is 0. The van der Waals surface area contributed by atoms with E-state index in [2.05, 4.69) is 5.32 Å². The van der Waals surface area contributed by atoms with E-state index in [-0.39, 0.29) is 13.1 Å². The van der Waals surface area contributed by atoms with E-state index in [4.69, 9.17) is 5.11 Å². The second kappa shape index (κ2) is 4.09. The highest BCUT2D eigenvalue weighted by Crippen LogP contribution is 2.18. The molecule has 0 atom stereocenters. The third-order valence-electron chi connectivity index (χ3n) is 1.14. The van der Waals surface area contributed by atoms with E-state index in [1.165, 1.54) is 13.8 Å². The minimum absolute atomic E-state index is 0.145. The Labute approximate surface area is 69.8 Å². The van der Waals surface area contributed by atoms with E-state index in [0.717, 1.165) is 0 Å². The van der Waals surface area contributed by atoms with Gasteiger partial charge < -0.3 is 10.4 Å². The molecule has 0 unspecified atom stereocenters. The van der Waals surface area contributed by atoms with Crippen LogP contribution in [0.4, 0.5) is 13.2 Å². The van der Waals surface area contributed by atoms with E-state index in [1.807, 2.05) is 0 Å². The molecule has 0 rings (SSSR count). The number of hydrogen-bond donors (Lipinski definition) is 2. The first-order valence-electron chi connectivity index (χ1n) is 3.70. The SMILES string of the molecule is CC(C)(O)CNCCC(F)(F)F. The third-order valence-corrected chi connectivity index (χ3v) is 1.14. The quantitative estimate of drug-likeness (QED) is 0.647. The normalized spacial score (nSPS) is 13.5. The maximum atomic E-state index is 11.6. The van der Waals surface area contributed by atoms with Crippen LogP contribution in [0.25, 0.3) is 0 Å². The van der Waals surface area contributed by atoms with Crippen LogP contribution in [-0.4, -0.2) is 30.0 Å². The Kier molecular flexibility index (Phi) is 3.99. The molecule has 0 aromatic rings. The predicted molar refractivity (Wildman–Crippen MR) is 39.8 cm³/mol. The largest absolute Gasteiger partial charge is 0.390 e. The number of halogens is 3. The van der Waals surface area contributed by atoms with Gasteiger partial charge in [-0.15, -0.1) is 0 Å². The molecular formula is C7H14F3NO. The second-order valence-corrected chi connectivity index (χ2v) is 3.35. The van der Waals surface area contributed by atoms with Crippen LogP contribution in [0, 0.1) is 0 Å². The Hall–Kier alpha value is -0.290. The van der Waals surface area contributed by atoms with Crippen LogP contribution in [-0.2, 0) is 0 Å². The molecule has 0 saturated carbocycles. The van der Waals surface area contributed by atoms with Crippen molar-refractivity contribution in [3.63, 3.8) is 0 Å². The lowest BCUT2D eigenvalue weighted by Gasteiger charge is -2.17. The van der Waals surface area contributed by atoms with Crippen LogP contribution in [0.15, 0.2) is 0 Å². The van der Waals surface area contributed by atoms with Crippen molar-refractivity contribution in [2.75, 3.05) is 13.1 Å². The molecule has 5 heteroatoms. The molecule has 0 bridgehead atoms. The third kappa shape index (κ3) is 9.71. The van der Waals surface area contributed by atoms with Gasteiger partial charge in [-0.05, 0) is 13.8 Å². The lowest BCUT2D eigenvalue weighted by atomic mass is 10.1. The Bertz CT molecular complexity index is 112. The van der Waals surface area contributed by atoms with Crippen molar-refractivity contribution in [1.82, 2.24) is 5.32 Å². The van der Waals surface area contributed by atoms with Gasteiger partial charge in [-0.25, -0.2) is 0 Å². The summed E-state index contributed by atoms with van der Waals surface area (Å²) in [6, 6.07) is 0. The fraction of sp³-hybridized carbons (Fsp3) is 1.00. The molecule has 0 spiro atoms. The Morgan fingerprint density at radius 3 is 2.08 bits per heavy atom. The van der Waals surface area contributed by atoms with Crippen LogP contribution in [0.3, 0.4) is 0 Å². The Balaban J connectivity index is 3.35. The zero-order valence-electron chi connectivity index (χ0n) is 7.20. The zero-order chi connectivity index (χ0) is 9.83. The number of aliphatic hydroxyl groups is 1. The highest BCUT2D eigenvalue weighted by molar-refractivity contribution is 4.68. The summed E-state index contributed by atoms with van der Waals surface area (Å²) in [7, 11) is 0. The van der Waals surface area contributed by atoms with Gasteiger partial charge >= 0.3 is 6.18 Å². The van der Waals surface area contributed by atoms with Gasteiger partial charge in [0.25, 0.3) is 0 Å². The summed E-state index contributed by atoms with van der Waals surface area (Å²) in [4.78, 5) is 0. The van der Waals surface area contributed by atoms with Crippen molar-refractivity contribution in [2.45, 2.75) is 32.0 Å². The summed E-state index contributed by atoms with van der Waals surface area (Å²) < 4.78 is 34.7. The second-order valence-electron chi connectivity index (χ2n) is 3.35. The number of rotatable bonds is 4. The molecular weight excluding hydrogens is 171 g/mol. The first-order valence-corrected chi connectivity index (χ1v) is 3.70. The monoisotopic (exact) mass is 185 g/mol. The van der Waals surface area contributed by atoms with Crippen LogP contribution in [0.1, 0.15) is 20.3 Å². The maximum absolute atomic E-state index is 11.6. The lowest BCUT2D eigenvalue weighted by molar-refractivity contribution is -0.133. The molecule has 0 aliphatic carbocycles. The highest BCUT2D eigenvalue weighted by atomic mass is 19.4. The average Bonchev–Trinajstić information content (AvgIpc) is 1.76. The van der Waals surface area contributed by atoms with Crippen molar-refractivity contribution in [2.24, 2.45) is 0 Å². The summed E-state index contributed by atoms with van der Waals surface area (Å²) in [6.45, 7) is 3.09. The maximum Gasteiger partial charge on any atom is 0.390 e. The van der Waals surface area contributed by atoms with Gasteiger partial charge in [0.15, 0.2) is 0 Å². The summed E-state index contributed by atoms with van der Waals surface area (Å²) >= 11 is 0. The topological polar surface area (TPSA) is 32.3 Å². The van der Waals surface area contributed by atoms with E-state index in [9.17, 15) is 13.2 Å². The average molecular weight is 185 g/mol. The Morgan fingerprint density at radius 2 is 1.75 bits per heavy atom. The predicted octanol–water partition coefficient (Wildman–Crippen LogP) is 1.30. The standard InChI is InChI=1S/C7H14F3NO/c1-6(2,12)5-11-4-3-7(8,9)10/h11-12H,3-5H2,1-2H3. The van der Waals surface area contributed by atoms with Crippen molar-refractivity contribution in [1.29, 1.82) is 0 Å². The van der Waals surface area contributed by atoms with E-state index >= 15 is 0 Å². The van der Waals surface area contributed by atoms with Gasteiger partial charge in [0.05, 0.1) is 12.0 Å². The van der Waals surface area contributed by atoms with Crippen LogP contribution in [0.2, 0.25) is 0 Å². The molecule has 0 aromatic heterocycles. The zero-order valence-corrected chi connectivity index (χ0v) is 7.20. The van der Waals surface area contributed by atoms with Crippen LogP contribution < -0.4 is 5.32 Å². The van der Waals surface area contributed by atoms with Crippen molar-refractivity contribution >= 4 is 0 Å². The van der Waals surface area contributed by atoms with Crippen molar-refractivity contribution in [3.05, 3.63) is 0 Å². The summed E-state index contributed by atoms with van der Waals surface area (Å²) in [5, 5.41) is 11.6. The van der Waals surface area contributed by atoms with Gasteiger partial charge in [0, 0.05) is 13.1 Å². The van der Waals surface area contributed by atoms with Crippen LogP contribution >= 0.6 is 0 Å². The minimum Gasteiger partial charge on any atom is -0.389 e. The summed E-state index contributed by atoms with van der Waals surface area (Å²) in [6.07, 6.45) is -4.98. The molecule has 0 radical (unpaired) electrons. The van der Waals surface area contributed by atoms with Gasteiger partial charge in [0.2, 0.25) is 0 Å². The van der Waals surface area contributed by atoms with Crippen molar-refractivity contribution in [3.8, 4) is 0 Å². The van der Waals surface area contributed by atoms with Crippen molar-refractivity contribution < 1.29 is 18.3 Å². The molecule has 12 heavy (non-hydrogen) atoms.